The maximum absolute atomic E-state index is 14.1. The van der Waals surface area contributed by atoms with Crippen LogP contribution in [0.15, 0.2) is 12.3 Å². The molecule has 1 aliphatic carbocycles. The number of aliphatic hydroxyl groups is 1. The van der Waals surface area contributed by atoms with Gasteiger partial charge in [0.2, 0.25) is 0 Å². The predicted octanol–water partition coefficient (Wildman–Crippen LogP) is 3.84. The highest BCUT2D eigenvalue weighted by molar-refractivity contribution is 7.17. The van der Waals surface area contributed by atoms with Crippen molar-refractivity contribution in [1.82, 2.24) is 20.2 Å². The number of nitrogens with one attached hydrogen (secondary N) is 2. The lowest BCUT2D eigenvalue weighted by Gasteiger charge is -2.32. The summed E-state index contributed by atoms with van der Waals surface area (Å²) in [6, 6.07) is 0.907. The number of halogens is 2. The van der Waals surface area contributed by atoms with Gasteiger partial charge in [0.25, 0.3) is 18.2 Å². The fraction of sp³-hybridized carbons (Fsp3) is 0.565. The Morgan fingerprint density at radius 1 is 1.32 bits per heavy atom. The highest BCUT2D eigenvalue weighted by Crippen LogP contribution is 2.39. The number of aromatic nitrogens is 2. The smallest absolute Gasteiger partial charge is 0.280 e. The minimum atomic E-state index is -2.81. The molecule has 1 aliphatic heterocycles. The predicted molar refractivity (Wildman–Crippen MR) is 125 cm³/mol. The van der Waals surface area contributed by atoms with Gasteiger partial charge in [-0.15, -0.1) is 11.3 Å². The van der Waals surface area contributed by atoms with E-state index in [9.17, 15) is 23.5 Å². The largest absolute Gasteiger partial charge is 0.391 e. The number of anilines is 1. The molecule has 184 valence electrons. The number of rotatable bonds is 8. The first-order valence-corrected chi connectivity index (χ1v) is 12.4. The zero-order valence-electron chi connectivity index (χ0n) is 19.2. The molecule has 2 aromatic rings. The lowest BCUT2D eigenvalue weighted by Crippen LogP contribution is -2.50. The van der Waals surface area contributed by atoms with Crippen molar-refractivity contribution in [1.29, 1.82) is 0 Å². The second-order valence-electron chi connectivity index (χ2n) is 8.80. The molecule has 2 aromatic heterocycles. The first-order valence-electron chi connectivity index (χ1n) is 11.6. The molecular weight excluding hydrogens is 464 g/mol. The summed E-state index contributed by atoms with van der Waals surface area (Å²) in [4.78, 5) is 36.7. The van der Waals surface area contributed by atoms with Crippen molar-refractivity contribution >= 4 is 29.0 Å². The van der Waals surface area contributed by atoms with E-state index >= 15 is 0 Å². The number of carbonyl (C=O) groups excluding carboxylic acids is 2. The minimum Gasteiger partial charge on any atom is -0.391 e. The van der Waals surface area contributed by atoms with E-state index in [1.807, 2.05) is 13.8 Å². The van der Waals surface area contributed by atoms with E-state index in [4.69, 9.17) is 0 Å². The molecule has 2 aliphatic rings. The number of thiazole rings is 1. The molecule has 1 saturated heterocycles. The van der Waals surface area contributed by atoms with Crippen LogP contribution in [0.4, 0.5) is 14.6 Å². The summed E-state index contributed by atoms with van der Waals surface area (Å²) in [5, 5.41) is 15.5. The van der Waals surface area contributed by atoms with Gasteiger partial charge in [-0.2, -0.15) is 0 Å². The van der Waals surface area contributed by atoms with Gasteiger partial charge in [0.05, 0.1) is 17.0 Å². The topological polar surface area (TPSA) is 107 Å². The number of nitrogens with zero attached hydrogens (tertiary/aromatic N) is 3. The zero-order valence-corrected chi connectivity index (χ0v) is 20.0. The number of amides is 2. The molecule has 4 rings (SSSR count). The van der Waals surface area contributed by atoms with Gasteiger partial charge in [-0.3, -0.25) is 9.59 Å². The summed E-state index contributed by atoms with van der Waals surface area (Å²) in [6.07, 6.45) is 1.64. The summed E-state index contributed by atoms with van der Waals surface area (Å²) in [7, 11) is 0. The Labute approximate surface area is 200 Å². The van der Waals surface area contributed by atoms with E-state index in [-0.39, 0.29) is 44.7 Å². The maximum atomic E-state index is 14.1. The van der Waals surface area contributed by atoms with Crippen LogP contribution in [0.25, 0.3) is 10.4 Å². The molecule has 3 N–H and O–H groups in total. The lowest BCUT2D eigenvalue weighted by atomic mass is 9.89. The Hall–Kier alpha value is -2.66. The van der Waals surface area contributed by atoms with E-state index < -0.39 is 18.4 Å². The summed E-state index contributed by atoms with van der Waals surface area (Å²) >= 11 is 0.896. The highest BCUT2D eigenvalue weighted by Gasteiger charge is 2.35. The molecule has 3 unspecified atom stereocenters. The summed E-state index contributed by atoms with van der Waals surface area (Å²) in [6.45, 7) is 5.03. The molecule has 34 heavy (non-hydrogen) atoms. The van der Waals surface area contributed by atoms with Crippen molar-refractivity contribution in [2.24, 2.45) is 0 Å². The Morgan fingerprint density at radius 2 is 2.12 bits per heavy atom. The highest BCUT2D eigenvalue weighted by atomic mass is 32.1. The van der Waals surface area contributed by atoms with Crippen LogP contribution in [0.5, 0.6) is 0 Å². The molecule has 0 radical (unpaired) electrons. The Kier molecular flexibility index (Phi) is 7.42. The van der Waals surface area contributed by atoms with Crippen LogP contribution in [0, 0.1) is 0 Å². The van der Waals surface area contributed by atoms with Gasteiger partial charge in [-0.1, -0.05) is 6.92 Å². The second kappa shape index (κ2) is 10.3. The average Bonchev–Trinajstić information content (AvgIpc) is 3.46. The number of aliphatic hydroxyl groups excluding tert-OH is 1. The Balaban J connectivity index is 1.74. The van der Waals surface area contributed by atoms with Gasteiger partial charge < -0.3 is 20.6 Å². The molecule has 1 saturated carbocycles. The monoisotopic (exact) mass is 493 g/mol. The van der Waals surface area contributed by atoms with Crippen molar-refractivity contribution in [2.75, 3.05) is 18.4 Å². The first-order chi connectivity index (χ1) is 16.3. The summed E-state index contributed by atoms with van der Waals surface area (Å²) in [5.74, 6) is -0.591. The molecule has 2 fully saturated rings. The van der Waals surface area contributed by atoms with Crippen LogP contribution < -0.4 is 10.6 Å². The maximum Gasteiger partial charge on any atom is 0.280 e. The van der Waals surface area contributed by atoms with Crippen molar-refractivity contribution in [2.45, 2.75) is 70.6 Å². The molecule has 2 amide bonds. The van der Waals surface area contributed by atoms with Crippen LogP contribution in [0.2, 0.25) is 0 Å². The minimum absolute atomic E-state index is 0.00207. The van der Waals surface area contributed by atoms with Crippen molar-refractivity contribution in [3.05, 3.63) is 28.5 Å². The van der Waals surface area contributed by atoms with E-state index in [1.54, 1.807) is 4.90 Å². The fourth-order valence-corrected chi connectivity index (χ4v) is 5.18. The molecular formula is C23H29F2N5O3S. The second-order valence-corrected chi connectivity index (χ2v) is 9.79. The normalized spacial score (nSPS) is 22.1. The third-order valence-corrected chi connectivity index (χ3v) is 7.45. The standard InChI is InChI=1S/C23H29F2N5O3S/c1-3-8-26-17-10-13(20(24)25)14(11-27-17)19-18(23(33)30-9-4-5-12(30)2)29-22(34-19)21(32)28-15-6-7-16(15)31/h10-12,15-16,20,31H,3-9H2,1-2H3,(H,26,27)(H,28,32). The molecule has 3 atom stereocenters. The molecule has 11 heteroatoms. The van der Waals surface area contributed by atoms with Crippen molar-refractivity contribution in [3.63, 3.8) is 0 Å². The SMILES string of the molecule is CCCNc1cc(C(F)F)c(-c2sc(C(=O)NC3CCC3O)nc2C(=O)N2CCCC2C)cn1. The van der Waals surface area contributed by atoms with Crippen LogP contribution in [0.3, 0.4) is 0 Å². The van der Waals surface area contributed by atoms with E-state index in [0.29, 0.717) is 31.7 Å². The molecule has 0 bridgehead atoms. The number of alkyl halides is 2. The van der Waals surface area contributed by atoms with Gasteiger partial charge in [-0.05, 0) is 45.1 Å². The molecule has 8 nitrogen and oxygen atoms in total. The Morgan fingerprint density at radius 3 is 2.71 bits per heavy atom. The third-order valence-electron chi connectivity index (χ3n) is 6.36. The van der Waals surface area contributed by atoms with Gasteiger partial charge in [-0.25, -0.2) is 18.7 Å². The van der Waals surface area contributed by atoms with Gasteiger partial charge in [0.15, 0.2) is 5.01 Å². The van der Waals surface area contributed by atoms with Gasteiger partial charge in [0, 0.05) is 36.5 Å². The number of carbonyl (C=O) groups is 2. The fourth-order valence-electron chi connectivity index (χ4n) is 4.19. The van der Waals surface area contributed by atoms with Gasteiger partial charge in [0.1, 0.15) is 11.5 Å². The summed E-state index contributed by atoms with van der Waals surface area (Å²) < 4.78 is 28.1. The summed E-state index contributed by atoms with van der Waals surface area (Å²) in [5.41, 5.74) is -0.203. The number of hydrogen-bond donors (Lipinski definition) is 3. The molecule has 3 heterocycles. The molecule has 0 aromatic carbocycles. The number of likely N-dealkylation sites (tertiary alicyclic amines) is 1. The van der Waals surface area contributed by atoms with E-state index in [0.717, 1.165) is 30.6 Å². The van der Waals surface area contributed by atoms with Crippen LogP contribution in [-0.2, 0) is 0 Å². The lowest BCUT2D eigenvalue weighted by molar-refractivity contribution is 0.0447. The van der Waals surface area contributed by atoms with Crippen molar-refractivity contribution in [3.8, 4) is 10.4 Å². The zero-order chi connectivity index (χ0) is 24.4. The van der Waals surface area contributed by atoms with E-state index in [1.165, 1.54) is 12.3 Å². The van der Waals surface area contributed by atoms with E-state index in [2.05, 4.69) is 20.6 Å². The number of hydrogen-bond acceptors (Lipinski definition) is 7. The first kappa shape index (κ1) is 24.5. The van der Waals surface area contributed by atoms with Crippen LogP contribution in [-0.4, -0.2) is 63.1 Å². The quantitative estimate of drug-likeness (QED) is 0.516. The third kappa shape index (κ3) is 4.90. The molecule has 0 spiro atoms. The van der Waals surface area contributed by atoms with Gasteiger partial charge >= 0.3 is 0 Å². The van der Waals surface area contributed by atoms with Crippen LogP contribution >= 0.6 is 11.3 Å². The number of pyridine rings is 1. The van der Waals surface area contributed by atoms with Crippen LogP contribution in [0.1, 0.15) is 78.2 Å². The van der Waals surface area contributed by atoms with Crippen molar-refractivity contribution < 1.29 is 23.5 Å². The average molecular weight is 494 g/mol. The Bertz CT molecular complexity index is 1060.